The van der Waals surface area contributed by atoms with Crippen LogP contribution in [0.5, 0.6) is 0 Å². The number of benzene rings is 1. The van der Waals surface area contributed by atoms with Gasteiger partial charge in [0.05, 0.1) is 6.21 Å². The molecular weight excluding hydrogens is 316 g/mol. The lowest BCUT2D eigenvalue weighted by Crippen LogP contribution is -2.20. The van der Waals surface area contributed by atoms with E-state index in [0.717, 1.165) is 11.3 Å². The average Bonchev–Trinajstić information content (AvgIpc) is 3.24. The van der Waals surface area contributed by atoms with Crippen LogP contribution in [0.25, 0.3) is 0 Å². The van der Waals surface area contributed by atoms with Gasteiger partial charge in [0.25, 0.3) is 0 Å². The van der Waals surface area contributed by atoms with Crippen LogP contribution >= 0.6 is 11.3 Å². The molecular formula is C20H24N2OS. The van der Waals surface area contributed by atoms with Crippen LogP contribution in [0.4, 0.5) is 0 Å². The van der Waals surface area contributed by atoms with Crippen molar-refractivity contribution in [1.82, 2.24) is 5.43 Å². The van der Waals surface area contributed by atoms with E-state index in [1.807, 2.05) is 18.4 Å². The van der Waals surface area contributed by atoms with E-state index in [4.69, 9.17) is 0 Å². The Hall–Kier alpha value is -1.94. The summed E-state index contributed by atoms with van der Waals surface area (Å²) in [5.74, 6) is 0.398. The molecule has 1 heterocycles. The highest BCUT2D eigenvalue weighted by molar-refractivity contribution is 7.11. The Balaban J connectivity index is 1.56. The fraction of sp³-hybridized carbons (Fsp3) is 0.400. The van der Waals surface area contributed by atoms with Gasteiger partial charge in [0, 0.05) is 10.8 Å². The third kappa shape index (κ3) is 3.75. The second-order valence-electron chi connectivity index (χ2n) is 7.52. The quantitative estimate of drug-likeness (QED) is 0.641. The molecule has 0 aliphatic heterocycles. The first-order valence-corrected chi connectivity index (χ1v) is 9.21. The highest BCUT2D eigenvalue weighted by atomic mass is 32.1. The smallest absolute Gasteiger partial charge is 0.243 e. The van der Waals surface area contributed by atoms with Gasteiger partial charge in [-0.15, -0.1) is 11.3 Å². The molecule has 1 aliphatic carbocycles. The predicted molar refractivity (Wildman–Crippen MR) is 101 cm³/mol. The van der Waals surface area contributed by atoms with Gasteiger partial charge in [-0.1, -0.05) is 45.0 Å². The Morgan fingerprint density at radius 3 is 2.54 bits per heavy atom. The molecule has 4 heteroatoms. The summed E-state index contributed by atoms with van der Waals surface area (Å²) in [6, 6.07) is 10.7. The number of amides is 1. The number of thiophene rings is 1. The minimum atomic E-state index is 0.0188. The highest BCUT2D eigenvalue weighted by Crippen LogP contribution is 2.47. The first-order valence-electron chi connectivity index (χ1n) is 8.33. The molecule has 1 aromatic carbocycles. The van der Waals surface area contributed by atoms with Crippen molar-refractivity contribution < 1.29 is 4.79 Å². The van der Waals surface area contributed by atoms with E-state index in [1.54, 1.807) is 17.6 Å². The van der Waals surface area contributed by atoms with Crippen molar-refractivity contribution in [3.8, 4) is 0 Å². The molecule has 1 fully saturated rings. The highest BCUT2D eigenvalue weighted by Gasteiger charge is 2.43. The van der Waals surface area contributed by atoms with Gasteiger partial charge in [-0.05, 0) is 52.8 Å². The molecule has 24 heavy (non-hydrogen) atoms. The van der Waals surface area contributed by atoms with Gasteiger partial charge in [-0.25, -0.2) is 5.43 Å². The number of hydrogen-bond donors (Lipinski definition) is 1. The van der Waals surface area contributed by atoms with Gasteiger partial charge in [0.15, 0.2) is 0 Å². The number of nitrogens with zero attached hydrogens (tertiary/aromatic N) is 1. The van der Waals surface area contributed by atoms with Crippen LogP contribution in [0.2, 0.25) is 0 Å². The van der Waals surface area contributed by atoms with E-state index in [2.05, 4.69) is 55.6 Å². The minimum Gasteiger partial charge on any atom is -0.273 e. The molecule has 3 nitrogen and oxygen atoms in total. The molecule has 0 saturated heterocycles. The molecule has 0 radical (unpaired) electrons. The van der Waals surface area contributed by atoms with Crippen molar-refractivity contribution in [2.24, 2.45) is 11.0 Å². The molecule has 1 saturated carbocycles. The molecule has 0 unspecified atom stereocenters. The van der Waals surface area contributed by atoms with E-state index in [0.29, 0.717) is 5.92 Å². The summed E-state index contributed by atoms with van der Waals surface area (Å²) >= 11 is 1.63. The predicted octanol–water partition coefficient (Wildman–Crippen LogP) is 4.61. The molecule has 1 N–H and O–H groups in total. The van der Waals surface area contributed by atoms with Crippen molar-refractivity contribution >= 4 is 23.5 Å². The Morgan fingerprint density at radius 1 is 1.25 bits per heavy atom. The van der Waals surface area contributed by atoms with Crippen molar-refractivity contribution in [2.45, 2.75) is 45.4 Å². The first-order chi connectivity index (χ1) is 11.4. The summed E-state index contributed by atoms with van der Waals surface area (Å²) in [5, 5.41) is 6.12. The Labute approximate surface area is 147 Å². The molecule has 126 valence electrons. The lowest BCUT2D eigenvalue weighted by atomic mass is 9.86. The van der Waals surface area contributed by atoms with Crippen LogP contribution in [-0.2, 0) is 10.2 Å². The van der Waals surface area contributed by atoms with Crippen LogP contribution < -0.4 is 5.43 Å². The standard InChI is InChI=1S/C20H24N2OS/c1-13-9-10-24-18(13)12-21-22-19(23)17-11-16(17)14-5-7-15(8-6-14)20(2,3)4/h5-10,12,16-17H,11H2,1-4H3,(H,22,23)/t16-,17-/m0/s1. The van der Waals surface area contributed by atoms with Crippen LogP contribution in [0, 0.1) is 12.8 Å². The number of hydrazone groups is 1. The second kappa shape index (κ2) is 6.52. The SMILES string of the molecule is Cc1ccsc1C=NNC(=O)[C@H]1C[C@H]1c1ccc(C(C)(C)C)cc1. The van der Waals surface area contributed by atoms with Crippen molar-refractivity contribution in [3.63, 3.8) is 0 Å². The zero-order valence-electron chi connectivity index (χ0n) is 14.7. The molecule has 0 spiro atoms. The third-order valence-corrected chi connectivity index (χ3v) is 5.54. The molecule has 1 aliphatic rings. The maximum Gasteiger partial charge on any atom is 0.243 e. The van der Waals surface area contributed by atoms with Gasteiger partial charge in [0.2, 0.25) is 5.91 Å². The summed E-state index contributed by atoms with van der Waals surface area (Å²) in [6.45, 7) is 8.67. The number of nitrogens with one attached hydrogen (secondary N) is 1. The van der Waals surface area contributed by atoms with E-state index in [1.165, 1.54) is 16.7 Å². The zero-order chi connectivity index (χ0) is 17.3. The van der Waals surface area contributed by atoms with E-state index in [9.17, 15) is 4.79 Å². The van der Waals surface area contributed by atoms with E-state index in [-0.39, 0.29) is 17.2 Å². The second-order valence-corrected chi connectivity index (χ2v) is 8.47. The topological polar surface area (TPSA) is 41.5 Å². The monoisotopic (exact) mass is 340 g/mol. The van der Waals surface area contributed by atoms with Crippen LogP contribution in [0.15, 0.2) is 40.8 Å². The normalized spacial score (nSPS) is 20.3. The fourth-order valence-electron chi connectivity index (χ4n) is 2.84. The fourth-order valence-corrected chi connectivity index (χ4v) is 3.62. The molecule has 2 atom stereocenters. The lowest BCUT2D eigenvalue weighted by molar-refractivity contribution is -0.122. The maximum absolute atomic E-state index is 12.2. The lowest BCUT2D eigenvalue weighted by Gasteiger charge is -2.19. The van der Waals surface area contributed by atoms with E-state index < -0.39 is 0 Å². The van der Waals surface area contributed by atoms with Crippen molar-refractivity contribution in [3.05, 3.63) is 57.3 Å². The molecule has 0 bridgehead atoms. The number of rotatable bonds is 4. The summed E-state index contributed by atoms with van der Waals surface area (Å²) in [4.78, 5) is 13.3. The molecule has 1 aromatic heterocycles. The van der Waals surface area contributed by atoms with Gasteiger partial charge in [-0.2, -0.15) is 5.10 Å². The summed E-state index contributed by atoms with van der Waals surface area (Å²) in [7, 11) is 0. The van der Waals surface area contributed by atoms with Gasteiger partial charge < -0.3 is 0 Å². The Bertz CT molecular complexity index is 753. The first kappa shape index (κ1) is 16.9. The molecule has 2 aromatic rings. The molecule has 3 rings (SSSR count). The average molecular weight is 340 g/mol. The van der Waals surface area contributed by atoms with Crippen molar-refractivity contribution in [1.29, 1.82) is 0 Å². The number of carbonyl (C=O) groups excluding carboxylic acids is 1. The van der Waals surface area contributed by atoms with Gasteiger partial charge in [0.1, 0.15) is 0 Å². The maximum atomic E-state index is 12.2. The van der Waals surface area contributed by atoms with Crippen LogP contribution in [-0.4, -0.2) is 12.1 Å². The largest absolute Gasteiger partial charge is 0.273 e. The number of aryl methyl sites for hydroxylation is 1. The number of carbonyl (C=O) groups is 1. The van der Waals surface area contributed by atoms with Gasteiger partial charge in [-0.3, -0.25) is 4.79 Å². The zero-order valence-corrected chi connectivity index (χ0v) is 15.5. The minimum absolute atomic E-state index is 0.0188. The summed E-state index contributed by atoms with van der Waals surface area (Å²) in [6.07, 6.45) is 2.64. The summed E-state index contributed by atoms with van der Waals surface area (Å²) < 4.78 is 0. The Morgan fingerprint density at radius 2 is 1.96 bits per heavy atom. The van der Waals surface area contributed by atoms with Crippen LogP contribution in [0.1, 0.15) is 54.7 Å². The molecule has 1 amide bonds. The summed E-state index contributed by atoms with van der Waals surface area (Å²) in [5.41, 5.74) is 6.60. The van der Waals surface area contributed by atoms with Gasteiger partial charge >= 0.3 is 0 Å². The van der Waals surface area contributed by atoms with Crippen molar-refractivity contribution in [2.75, 3.05) is 0 Å². The van der Waals surface area contributed by atoms with E-state index >= 15 is 0 Å². The third-order valence-electron chi connectivity index (χ3n) is 4.59. The number of hydrogen-bond acceptors (Lipinski definition) is 3. The van der Waals surface area contributed by atoms with Crippen LogP contribution in [0.3, 0.4) is 0 Å². The Kier molecular flexibility index (Phi) is 4.59.